The van der Waals surface area contributed by atoms with Crippen LogP contribution in [0, 0.1) is 5.82 Å². The third kappa shape index (κ3) is 4.96. The number of aliphatic imine (C=N–C) groups is 1. The molecule has 1 fully saturated rings. The van der Waals surface area contributed by atoms with E-state index < -0.39 is 11.9 Å². The zero-order chi connectivity index (χ0) is 19.9. The summed E-state index contributed by atoms with van der Waals surface area (Å²) in [7, 11) is 0. The quantitative estimate of drug-likeness (QED) is 0.565. The SMILES string of the molecule is CCNC(=NCC(O)c1ccccc1F)N1CCN(c2nc(CC)ns2)CC1. The van der Waals surface area contributed by atoms with Gasteiger partial charge in [0.2, 0.25) is 5.13 Å². The van der Waals surface area contributed by atoms with E-state index in [1.807, 2.05) is 6.92 Å². The van der Waals surface area contributed by atoms with Crippen LogP contribution in [0.15, 0.2) is 29.3 Å². The molecule has 1 atom stereocenters. The van der Waals surface area contributed by atoms with Gasteiger partial charge in [0.25, 0.3) is 0 Å². The Balaban J connectivity index is 1.61. The molecule has 2 aromatic rings. The molecule has 1 aliphatic rings. The van der Waals surface area contributed by atoms with E-state index in [0.29, 0.717) is 0 Å². The molecule has 0 amide bonds. The number of rotatable bonds is 6. The van der Waals surface area contributed by atoms with Crippen LogP contribution < -0.4 is 10.2 Å². The van der Waals surface area contributed by atoms with Gasteiger partial charge in [-0.1, -0.05) is 25.1 Å². The molecule has 0 bridgehead atoms. The molecule has 0 aliphatic carbocycles. The number of aliphatic hydroxyl groups excluding tert-OH is 1. The third-order valence-electron chi connectivity index (χ3n) is 4.64. The largest absolute Gasteiger partial charge is 0.386 e. The fourth-order valence-electron chi connectivity index (χ4n) is 3.07. The van der Waals surface area contributed by atoms with Crippen LogP contribution in [0.4, 0.5) is 9.52 Å². The van der Waals surface area contributed by atoms with Gasteiger partial charge in [-0.05, 0) is 13.0 Å². The first-order chi connectivity index (χ1) is 13.6. The van der Waals surface area contributed by atoms with Gasteiger partial charge < -0.3 is 20.2 Å². The summed E-state index contributed by atoms with van der Waals surface area (Å²) in [5, 5.41) is 14.6. The third-order valence-corrected chi connectivity index (χ3v) is 5.45. The number of halogens is 1. The van der Waals surface area contributed by atoms with E-state index in [2.05, 4.69) is 36.4 Å². The first kappa shape index (κ1) is 20.5. The van der Waals surface area contributed by atoms with Crippen LogP contribution in [-0.4, -0.2) is 64.6 Å². The van der Waals surface area contributed by atoms with Crippen molar-refractivity contribution in [3.63, 3.8) is 0 Å². The lowest BCUT2D eigenvalue weighted by molar-refractivity contribution is 0.181. The molecule has 9 heteroatoms. The predicted molar refractivity (Wildman–Crippen MR) is 110 cm³/mol. The number of benzene rings is 1. The highest BCUT2D eigenvalue weighted by Crippen LogP contribution is 2.20. The van der Waals surface area contributed by atoms with E-state index in [-0.39, 0.29) is 12.1 Å². The van der Waals surface area contributed by atoms with E-state index in [4.69, 9.17) is 0 Å². The molecule has 0 saturated carbocycles. The number of aromatic nitrogens is 2. The highest BCUT2D eigenvalue weighted by molar-refractivity contribution is 7.09. The van der Waals surface area contributed by atoms with Crippen LogP contribution in [0.5, 0.6) is 0 Å². The highest BCUT2D eigenvalue weighted by Gasteiger charge is 2.22. The van der Waals surface area contributed by atoms with Crippen molar-refractivity contribution in [2.24, 2.45) is 4.99 Å². The number of aryl methyl sites for hydroxylation is 1. The van der Waals surface area contributed by atoms with Crippen LogP contribution in [0.3, 0.4) is 0 Å². The minimum atomic E-state index is -0.968. The zero-order valence-corrected chi connectivity index (χ0v) is 17.1. The van der Waals surface area contributed by atoms with Crippen molar-refractivity contribution in [2.75, 3.05) is 44.2 Å². The number of piperazine rings is 1. The standard InChI is InChI=1S/C19H27FN6OS/c1-3-17-23-19(28-24-17)26-11-9-25(10-12-26)18(21-4-2)22-13-16(27)14-7-5-6-8-15(14)20/h5-8,16,27H,3-4,9-13H2,1-2H3,(H,21,22). The molecule has 1 aromatic heterocycles. The minimum absolute atomic E-state index is 0.111. The van der Waals surface area contributed by atoms with Gasteiger partial charge in [0.1, 0.15) is 17.7 Å². The molecule has 1 saturated heterocycles. The maximum Gasteiger partial charge on any atom is 0.205 e. The zero-order valence-electron chi connectivity index (χ0n) is 16.3. The number of aliphatic hydroxyl groups is 1. The second-order valence-electron chi connectivity index (χ2n) is 6.55. The van der Waals surface area contributed by atoms with Gasteiger partial charge in [-0.25, -0.2) is 9.37 Å². The average Bonchev–Trinajstić information content (AvgIpc) is 3.21. The van der Waals surface area contributed by atoms with Crippen LogP contribution in [0.2, 0.25) is 0 Å². The van der Waals surface area contributed by atoms with Crippen molar-refractivity contribution < 1.29 is 9.50 Å². The molecule has 2 heterocycles. The fraction of sp³-hybridized carbons (Fsp3) is 0.526. The molecule has 1 aromatic carbocycles. The monoisotopic (exact) mass is 406 g/mol. The molecule has 152 valence electrons. The van der Waals surface area contributed by atoms with Gasteiger partial charge in [0, 0.05) is 56.2 Å². The molecule has 2 N–H and O–H groups in total. The van der Waals surface area contributed by atoms with Crippen molar-refractivity contribution in [3.05, 3.63) is 41.5 Å². The highest BCUT2D eigenvalue weighted by atomic mass is 32.1. The molecule has 0 radical (unpaired) electrons. The number of hydrogen-bond donors (Lipinski definition) is 2. The first-order valence-corrected chi connectivity index (χ1v) is 10.4. The number of anilines is 1. The lowest BCUT2D eigenvalue weighted by Crippen LogP contribution is -2.52. The van der Waals surface area contributed by atoms with Crippen LogP contribution >= 0.6 is 11.5 Å². The van der Waals surface area contributed by atoms with Gasteiger partial charge in [0.05, 0.1) is 6.54 Å². The minimum Gasteiger partial charge on any atom is -0.386 e. The summed E-state index contributed by atoms with van der Waals surface area (Å²) < 4.78 is 18.2. The number of guanidine groups is 1. The van der Waals surface area contributed by atoms with Gasteiger partial charge >= 0.3 is 0 Å². The lowest BCUT2D eigenvalue weighted by Gasteiger charge is -2.36. The molecular formula is C19H27FN6OS. The maximum absolute atomic E-state index is 13.8. The second-order valence-corrected chi connectivity index (χ2v) is 7.28. The number of nitrogens with one attached hydrogen (secondary N) is 1. The molecule has 28 heavy (non-hydrogen) atoms. The van der Waals surface area contributed by atoms with E-state index in [1.54, 1.807) is 18.2 Å². The fourth-order valence-corrected chi connectivity index (χ4v) is 3.87. The molecule has 0 spiro atoms. The smallest absolute Gasteiger partial charge is 0.205 e. The topological polar surface area (TPSA) is 76.9 Å². The van der Waals surface area contributed by atoms with Crippen molar-refractivity contribution in [2.45, 2.75) is 26.4 Å². The molecular weight excluding hydrogens is 379 g/mol. The Kier molecular flexibility index (Phi) is 7.16. The lowest BCUT2D eigenvalue weighted by atomic mass is 10.1. The first-order valence-electron chi connectivity index (χ1n) is 9.65. The Labute approximate surface area is 169 Å². The summed E-state index contributed by atoms with van der Waals surface area (Å²) in [5.41, 5.74) is 0.273. The van der Waals surface area contributed by atoms with Gasteiger partial charge in [-0.15, -0.1) is 0 Å². The van der Waals surface area contributed by atoms with Gasteiger partial charge in [-0.2, -0.15) is 4.37 Å². The summed E-state index contributed by atoms with van der Waals surface area (Å²) in [5.74, 6) is 1.22. The maximum atomic E-state index is 13.8. The van der Waals surface area contributed by atoms with Crippen molar-refractivity contribution in [3.8, 4) is 0 Å². The Bertz CT molecular complexity index is 790. The summed E-state index contributed by atoms with van der Waals surface area (Å²) in [6.45, 7) is 8.15. The summed E-state index contributed by atoms with van der Waals surface area (Å²) in [6, 6.07) is 6.27. The summed E-state index contributed by atoms with van der Waals surface area (Å²) in [4.78, 5) is 13.5. The van der Waals surface area contributed by atoms with E-state index >= 15 is 0 Å². The predicted octanol–water partition coefficient (Wildman–Crippen LogP) is 2.06. The van der Waals surface area contributed by atoms with Crippen molar-refractivity contribution >= 4 is 22.6 Å². The molecule has 3 rings (SSSR count). The van der Waals surface area contributed by atoms with Crippen molar-refractivity contribution in [1.82, 2.24) is 19.6 Å². The van der Waals surface area contributed by atoms with E-state index in [9.17, 15) is 9.50 Å². The van der Waals surface area contributed by atoms with Crippen LogP contribution in [0.25, 0.3) is 0 Å². The summed E-state index contributed by atoms with van der Waals surface area (Å²) >= 11 is 1.45. The van der Waals surface area contributed by atoms with E-state index in [1.165, 1.54) is 17.6 Å². The second kappa shape index (κ2) is 9.79. The Morgan fingerprint density at radius 2 is 2.04 bits per heavy atom. The number of hydrogen-bond acceptors (Lipinski definition) is 6. The molecule has 7 nitrogen and oxygen atoms in total. The number of nitrogens with zero attached hydrogens (tertiary/aromatic N) is 5. The van der Waals surface area contributed by atoms with Crippen molar-refractivity contribution in [1.29, 1.82) is 0 Å². The van der Waals surface area contributed by atoms with E-state index in [0.717, 1.165) is 56.1 Å². The Morgan fingerprint density at radius 3 is 2.68 bits per heavy atom. The average molecular weight is 407 g/mol. The van der Waals surface area contributed by atoms with Gasteiger partial charge in [0.15, 0.2) is 5.96 Å². The summed E-state index contributed by atoms with van der Waals surface area (Å²) in [6.07, 6.45) is -0.122. The van der Waals surface area contributed by atoms with Crippen LogP contribution in [-0.2, 0) is 6.42 Å². The van der Waals surface area contributed by atoms with Crippen LogP contribution in [0.1, 0.15) is 31.3 Å². The Morgan fingerprint density at radius 1 is 1.29 bits per heavy atom. The Hall–Kier alpha value is -2.26. The van der Waals surface area contributed by atoms with Gasteiger partial charge in [-0.3, -0.25) is 4.99 Å². The molecule has 1 unspecified atom stereocenters. The normalized spacial score (nSPS) is 16.4. The molecule has 1 aliphatic heterocycles.